The van der Waals surface area contributed by atoms with Crippen molar-refractivity contribution >= 4 is 18.0 Å². The Morgan fingerprint density at radius 3 is 2.62 bits per heavy atom. The van der Waals surface area contributed by atoms with Gasteiger partial charge in [0.05, 0.1) is 13.2 Å². The fraction of sp³-hybridized carbons (Fsp3) is 0.565. The molecule has 1 saturated carbocycles. The van der Waals surface area contributed by atoms with Gasteiger partial charge in [0.1, 0.15) is 0 Å². The van der Waals surface area contributed by atoms with Gasteiger partial charge in [-0.2, -0.15) is 0 Å². The number of nitrogens with one attached hydrogen (secondary N) is 1. The van der Waals surface area contributed by atoms with E-state index < -0.39 is 12.1 Å². The Hall–Kier alpha value is -2.50. The topological polar surface area (TPSA) is 73.9 Å². The highest BCUT2D eigenvalue weighted by atomic mass is 16.5. The molecule has 160 valence electrons. The molecule has 1 aliphatic rings. The summed E-state index contributed by atoms with van der Waals surface area (Å²) in [5.41, 5.74) is 0.788. The van der Waals surface area contributed by atoms with Gasteiger partial charge in [0.25, 0.3) is 5.91 Å². The third kappa shape index (κ3) is 7.80. The summed E-state index contributed by atoms with van der Waals surface area (Å²) in [5, 5.41) is 2.94. The summed E-state index contributed by atoms with van der Waals surface area (Å²) < 4.78 is 16.6. The first-order valence-corrected chi connectivity index (χ1v) is 10.6. The maximum absolute atomic E-state index is 12.1. The molecule has 1 aromatic carbocycles. The Balaban J connectivity index is 1.90. The molecule has 6 heteroatoms. The molecule has 0 aromatic heterocycles. The second kappa shape index (κ2) is 12.1. The Kier molecular flexibility index (Phi) is 9.54. The van der Waals surface area contributed by atoms with Crippen LogP contribution in [0.25, 0.3) is 6.08 Å². The summed E-state index contributed by atoms with van der Waals surface area (Å²) in [6.07, 6.45) is 8.43. The predicted molar refractivity (Wildman–Crippen MR) is 113 cm³/mol. The lowest BCUT2D eigenvalue weighted by atomic mass is 10.2. The van der Waals surface area contributed by atoms with Gasteiger partial charge in [-0.1, -0.05) is 32.3 Å². The fourth-order valence-corrected chi connectivity index (χ4v) is 3.16. The average molecular weight is 404 g/mol. The van der Waals surface area contributed by atoms with Gasteiger partial charge in [-0.05, 0) is 56.9 Å². The van der Waals surface area contributed by atoms with Gasteiger partial charge in [0.15, 0.2) is 17.6 Å². The van der Waals surface area contributed by atoms with Crippen LogP contribution in [-0.4, -0.2) is 37.2 Å². The molecule has 0 bridgehead atoms. The van der Waals surface area contributed by atoms with Crippen molar-refractivity contribution in [2.24, 2.45) is 0 Å². The molecule has 2 rings (SSSR count). The van der Waals surface area contributed by atoms with E-state index in [1.807, 2.05) is 25.1 Å². The van der Waals surface area contributed by atoms with Crippen molar-refractivity contribution in [3.05, 3.63) is 29.8 Å². The van der Waals surface area contributed by atoms with Gasteiger partial charge in [-0.15, -0.1) is 0 Å². The van der Waals surface area contributed by atoms with Gasteiger partial charge < -0.3 is 19.5 Å². The molecule has 1 unspecified atom stereocenters. The van der Waals surface area contributed by atoms with Crippen LogP contribution in [-0.2, 0) is 14.3 Å². The van der Waals surface area contributed by atoms with Crippen LogP contribution in [0.5, 0.6) is 11.5 Å². The smallest absolute Gasteiger partial charge is 0.331 e. The van der Waals surface area contributed by atoms with E-state index in [0.29, 0.717) is 24.7 Å². The maximum atomic E-state index is 12.1. The van der Waals surface area contributed by atoms with Crippen molar-refractivity contribution < 1.29 is 23.8 Å². The summed E-state index contributed by atoms with van der Waals surface area (Å²) in [7, 11) is 0. The summed E-state index contributed by atoms with van der Waals surface area (Å²) in [6.45, 7) is 6.77. The number of benzene rings is 1. The number of esters is 1. The Morgan fingerprint density at radius 1 is 1.17 bits per heavy atom. The summed E-state index contributed by atoms with van der Waals surface area (Å²) in [6, 6.07) is 5.71. The molecule has 1 atom stereocenters. The lowest BCUT2D eigenvalue weighted by molar-refractivity contribution is -0.150. The van der Waals surface area contributed by atoms with Crippen LogP contribution in [0.2, 0.25) is 0 Å². The minimum Gasteiger partial charge on any atom is -0.490 e. The standard InChI is InChI=1S/C23H33NO5/c1-4-6-15-28-20-13-11-18(16-21(20)27-5-2)12-14-22(25)29-17(3)23(26)24-19-9-7-8-10-19/h11-14,16-17,19H,4-10,15H2,1-3H3,(H,24,26)/b14-12+. The lowest BCUT2D eigenvalue weighted by Crippen LogP contribution is -2.40. The highest BCUT2D eigenvalue weighted by Crippen LogP contribution is 2.29. The molecular weight excluding hydrogens is 370 g/mol. The largest absolute Gasteiger partial charge is 0.490 e. The first-order valence-electron chi connectivity index (χ1n) is 10.6. The molecule has 1 N–H and O–H groups in total. The number of unbranched alkanes of at least 4 members (excludes halogenated alkanes) is 1. The normalized spacial score (nSPS) is 15.3. The highest BCUT2D eigenvalue weighted by Gasteiger charge is 2.22. The number of hydrogen-bond acceptors (Lipinski definition) is 5. The Labute approximate surface area is 173 Å². The van der Waals surface area contributed by atoms with E-state index in [1.165, 1.54) is 6.08 Å². The zero-order valence-corrected chi connectivity index (χ0v) is 17.7. The quantitative estimate of drug-likeness (QED) is 0.339. The molecular formula is C23H33NO5. The van der Waals surface area contributed by atoms with Crippen LogP contribution in [0.3, 0.4) is 0 Å². The number of rotatable bonds is 11. The van der Waals surface area contributed by atoms with Crippen LogP contribution in [0.4, 0.5) is 0 Å². The van der Waals surface area contributed by atoms with Crippen molar-refractivity contribution in [1.29, 1.82) is 0 Å². The average Bonchev–Trinajstić information content (AvgIpc) is 3.21. The van der Waals surface area contributed by atoms with E-state index >= 15 is 0 Å². The molecule has 1 fully saturated rings. The molecule has 0 heterocycles. The number of ether oxygens (including phenoxy) is 3. The number of hydrogen-bond donors (Lipinski definition) is 1. The third-order valence-corrected chi connectivity index (χ3v) is 4.80. The molecule has 1 aliphatic carbocycles. The molecule has 1 amide bonds. The van der Waals surface area contributed by atoms with E-state index in [2.05, 4.69) is 12.2 Å². The van der Waals surface area contributed by atoms with Crippen molar-refractivity contribution in [2.75, 3.05) is 13.2 Å². The second-order valence-electron chi connectivity index (χ2n) is 7.24. The molecule has 0 aliphatic heterocycles. The lowest BCUT2D eigenvalue weighted by Gasteiger charge is -2.16. The Bertz CT molecular complexity index is 695. The Morgan fingerprint density at radius 2 is 1.93 bits per heavy atom. The monoisotopic (exact) mass is 403 g/mol. The maximum Gasteiger partial charge on any atom is 0.331 e. The first-order chi connectivity index (χ1) is 14.0. The summed E-state index contributed by atoms with van der Waals surface area (Å²) in [5.74, 6) is 0.534. The molecule has 6 nitrogen and oxygen atoms in total. The van der Waals surface area contributed by atoms with E-state index in [1.54, 1.807) is 13.0 Å². The van der Waals surface area contributed by atoms with Crippen LogP contribution in [0.1, 0.15) is 64.9 Å². The minimum absolute atomic E-state index is 0.203. The highest BCUT2D eigenvalue weighted by molar-refractivity contribution is 5.90. The van der Waals surface area contributed by atoms with E-state index in [4.69, 9.17) is 14.2 Å². The SMILES string of the molecule is CCCCOc1ccc(/C=C/C(=O)OC(C)C(=O)NC2CCCC2)cc1OCC. The molecule has 29 heavy (non-hydrogen) atoms. The van der Waals surface area contributed by atoms with Crippen molar-refractivity contribution in [3.63, 3.8) is 0 Å². The number of amides is 1. The van der Waals surface area contributed by atoms with Gasteiger partial charge in [0, 0.05) is 12.1 Å². The van der Waals surface area contributed by atoms with Crippen LogP contribution in [0.15, 0.2) is 24.3 Å². The minimum atomic E-state index is -0.818. The summed E-state index contributed by atoms with van der Waals surface area (Å²) >= 11 is 0. The fourth-order valence-electron chi connectivity index (χ4n) is 3.16. The van der Waals surface area contributed by atoms with Gasteiger partial charge in [-0.3, -0.25) is 4.79 Å². The summed E-state index contributed by atoms with van der Waals surface area (Å²) in [4.78, 5) is 24.2. The molecule has 1 aromatic rings. The molecule has 0 radical (unpaired) electrons. The molecule has 0 spiro atoms. The van der Waals surface area contributed by atoms with Crippen LogP contribution < -0.4 is 14.8 Å². The first kappa shape index (κ1) is 22.8. The van der Waals surface area contributed by atoms with E-state index in [-0.39, 0.29) is 11.9 Å². The van der Waals surface area contributed by atoms with Gasteiger partial charge in [-0.25, -0.2) is 4.79 Å². The number of carbonyl (C=O) groups excluding carboxylic acids is 2. The third-order valence-electron chi connectivity index (χ3n) is 4.80. The van der Waals surface area contributed by atoms with Gasteiger partial charge in [0.2, 0.25) is 0 Å². The molecule has 0 saturated heterocycles. The zero-order valence-electron chi connectivity index (χ0n) is 17.7. The number of carbonyl (C=O) groups is 2. The van der Waals surface area contributed by atoms with Crippen LogP contribution in [0, 0.1) is 0 Å². The van der Waals surface area contributed by atoms with E-state index in [0.717, 1.165) is 44.1 Å². The van der Waals surface area contributed by atoms with Gasteiger partial charge >= 0.3 is 5.97 Å². The van der Waals surface area contributed by atoms with Crippen LogP contribution >= 0.6 is 0 Å². The van der Waals surface area contributed by atoms with Crippen molar-refractivity contribution in [1.82, 2.24) is 5.32 Å². The predicted octanol–water partition coefficient (Wildman–Crippen LogP) is 4.27. The second-order valence-corrected chi connectivity index (χ2v) is 7.24. The van der Waals surface area contributed by atoms with E-state index in [9.17, 15) is 9.59 Å². The zero-order chi connectivity index (χ0) is 21.1. The van der Waals surface area contributed by atoms with Crippen molar-refractivity contribution in [2.45, 2.75) is 71.4 Å². The van der Waals surface area contributed by atoms with Crippen molar-refractivity contribution in [3.8, 4) is 11.5 Å².